The summed E-state index contributed by atoms with van der Waals surface area (Å²) in [6.45, 7) is 7.13. The topological polar surface area (TPSA) is 23.5 Å². The molecule has 1 N–H and O–H groups in total. The molecule has 1 unspecified atom stereocenters. The Hall–Kier alpha value is 0.270. The van der Waals surface area contributed by atoms with Crippen LogP contribution in [-0.2, 0) is 0 Å². The molecule has 0 aliphatic carbocycles. The Morgan fingerprint density at radius 3 is 2.13 bits per heavy atom. The van der Waals surface area contributed by atoms with E-state index in [9.17, 15) is 5.11 Å². The lowest BCUT2D eigenvalue weighted by atomic mass is 9.96. The number of hydrogen-bond donors (Lipinski definition) is 1. The van der Waals surface area contributed by atoms with Crippen LogP contribution in [-0.4, -0.2) is 47.3 Å². The van der Waals surface area contributed by atoms with E-state index in [1.807, 2.05) is 11.8 Å². The maximum atomic E-state index is 10.3. The van der Waals surface area contributed by atoms with Gasteiger partial charge in [0.25, 0.3) is 0 Å². The van der Waals surface area contributed by atoms with E-state index in [0.29, 0.717) is 6.04 Å². The van der Waals surface area contributed by atoms with Gasteiger partial charge in [0, 0.05) is 18.3 Å². The van der Waals surface area contributed by atoms with Crippen LogP contribution < -0.4 is 0 Å². The quantitative estimate of drug-likeness (QED) is 0.697. The number of rotatable bonds is 8. The highest BCUT2D eigenvalue weighted by Crippen LogP contribution is 2.18. The van der Waals surface area contributed by atoms with Crippen LogP contribution in [0.4, 0.5) is 0 Å². The van der Waals surface area contributed by atoms with Crippen LogP contribution in [0.15, 0.2) is 0 Å². The molecule has 3 heteroatoms. The lowest BCUT2D eigenvalue weighted by Crippen LogP contribution is -2.45. The van der Waals surface area contributed by atoms with Crippen molar-refractivity contribution >= 4 is 11.8 Å². The highest BCUT2D eigenvalue weighted by molar-refractivity contribution is 7.98. The minimum absolute atomic E-state index is 0.499. The number of nitrogens with zero attached hydrogens (tertiary/aromatic N) is 1. The molecule has 0 aromatic rings. The maximum Gasteiger partial charge on any atom is 0.0768 e. The predicted molar refractivity (Wildman–Crippen MR) is 70.6 cm³/mol. The van der Waals surface area contributed by atoms with E-state index >= 15 is 0 Å². The van der Waals surface area contributed by atoms with Gasteiger partial charge in [-0.1, -0.05) is 20.8 Å². The summed E-state index contributed by atoms with van der Waals surface area (Å²) >= 11 is 1.88. The third kappa shape index (κ3) is 5.23. The zero-order valence-corrected chi connectivity index (χ0v) is 11.7. The Morgan fingerprint density at radius 1 is 1.27 bits per heavy atom. The Bertz CT molecular complexity index is 160. The second kappa shape index (κ2) is 7.53. The molecule has 0 aliphatic heterocycles. The van der Waals surface area contributed by atoms with E-state index in [1.54, 1.807) is 0 Å². The molecule has 0 rings (SSSR count). The van der Waals surface area contributed by atoms with Gasteiger partial charge in [0.1, 0.15) is 0 Å². The van der Waals surface area contributed by atoms with E-state index in [-0.39, 0.29) is 0 Å². The van der Waals surface area contributed by atoms with Gasteiger partial charge in [-0.3, -0.25) is 4.90 Å². The van der Waals surface area contributed by atoms with Gasteiger partial charge in [-0.05, 0) is 32.6 Å². The largest absolute Gasteiger partial charge is 0.389 e. The normalized spacial score (nSPS) is 14.6. The molecule has 0 heterocycles. The van der Waals surface area contributed by atoms with Crippen LogP contribution in [0.2, 0.25) is 0 Å². The molecule has 0 spiro atoms. The third-order valence-corrected chi connectivity index (χ3v) is 4.03. The molecule has 0 aliphatic rings. The van der Waals surface area contributed by atoms with Crippen molar-refractivity contribution in [1.82, 2.24) is 4.90 Å². The van der Waals surface area contributed by atoms with E-state index < -0.39 is 5.60 Å². The molecule has 0 radical (unpaired) electrons. The molecular formula is C12H27NOS. The summed E-state index contributed by atoms with van der Waals surface area (Å²) in [7, 11) is 2.13. The van der Waals surface area contributed by atoms with Crippen molar-refractivity contribution in [3.8, 4) is 0 Å². The fraction of sp³-hybridized carbons (Fsp3) is 1.00. The van der Waals surface area contributed by atoms with Crippen molar-refractivity contribution in [1.29, 1.82) is 0 Å². The van der Waals surface area contributed by atoms with Crippen LogP contribution >= 0.6 is 11.8 Å². The smallest absolute Gasteiger partial charge is 0.0768 e. The van der Waals surface area contributed by atoms with Gasteiger partial charge in [0.2, 0.25) is 0 Å². The van der Waals surface area contributed by atoms with Gasteiger partial charge in [-0.15, -0.1) is 0 Å². The first kappa shape index (κ1) is 15.3. The Morgan fingerprint density at radius 2 is 1.80 bits per heavy atom. The van der Waals surface area contributed by atoms with Crippen LogP contribution in [0.1, 0.15) is 40.0 Å². The van der Waals surface area contributed by atoms with E-state index in [1.165, 1.54) is 0 Å². The van der Waals surface area contributed by atoms with Gasteiger partial charge in [-0.2, -0.15) is 11.8 Å². The summed E-state index contributed by atoms with van der Waals surface area (Å²) in [5.74, 6) is 1.15. The Labute approximate surface area is 99.4 Å². The monoisotopic (exact) mass is 233 g/mol. The Balaban J connectivity index is 4.24. The summed E-state index contributed by atoms with van der Waals surface area (Å²) in [4.78, 5) is 2.31. The standard InChI is InChI=1S/C12H27NOS/c1-6-11(9-15-5)13(4)10-12(14,7-2)8-3/h11,14H,6-10H2,1-5H3. The van der Waals surface area contributed by atoms with E-state index in [2.05, 4.69) is 39.0 Å². The van der Waals surface area contributed by atoms with Crippen molar-refractivity contribution in [3.63, 3.8) is 0 Å². The first-order valence-corrected chi connectivity index (χ1v) is 7.33. The number of aliphatic hydroxyl groups is 1. The first-order chi connectivity index (χ1) is 7.02. The molecule has 2 nitrogen and oxygen atoms in total. The fourth-order valence-electron chi connectivity index (χ4n) is 1.82. The summed E-state index contributed by atoms with van der Waals surface area (Å²) < 4.78 is 0. The lowest BCUT2D eigenvalue weighted by molar-refractivity contribution is -0.00515. The van der Waals surface area contributed by atoms with E-state index in [4.69, 9.17) is 0 Å². The molecule has 0 saturated carbocycles. The second-order valence-corrected chi connectivity index (χ2v) is 5.27. The summed E-state index contributed by atoms with van der Waals surface area (Å²) in [6, 6.07) is 0.588. The maximum absolute atomic E-state index is 10.3. The third-order valence-electron chi connectivity index (χ3n) is 3.31. The number of hydrogen-bond acceptors (Lipinski definition) is 3. The zero-order valence-electron chi connectivity index (χ0n) is 10.9. The molecule has 92 valence electrons. The summed E-state index contributed by atoms with van der Waals surface area (Å²) in [5.41, 5.74) is -0.499. The van der Waals surface area contributed by atoms with Crippen LogP contribution in [0, 0.1) is 0 Å². The summed E-state index contributed by atoms with van der Waals surface area (Å²) in [6.07, 6.45) is 4.97. The van der Waals surface area contributed by atoms with Gasteiger partial charge in [-0.25, -0.2) is 0 Å². The van der Waals surface area contributed by atoms with Gasteiger partial charge in [0.05, 0.1) is 5.60 Å². The number of likely N-dealkylation sites (N-methyl/N-ethyl adjacent to an activating group) is 1. The summed E-state index contributed by atoms with van der Waals surface area (Å²) in [5, 5.41) is 10.3. The van der Waals surface area contributed by atoms with Crippen molar-refractivity contribution in [3.05, 3.63) is 0 Å². The first-order valence-electron chi connectivity index (χ1n) is 5.94. The lowest BCUT2D eigenvalue weighted by Gasteiger charge is -2.35. The molecule has 0 aromatic carbocycles. The molecule has 0 saturated heterocycles. The minimum Gasteiger partial charge on any atom is -0.389 e. The van der Waals surface area contributed by atoms with E-state index in [0.717, 1.165) is 31.6 Å². The van der Waals surface area contributed by atoms with Crippen molar-refractivity contribution in [2.45, 2.75) is 51.7 Å². The molecule has 0 amide bonds. The highest BCUT2D eigenvalue weighted by Gasteiger charge is 2.26. The van der Waals surface area contributed by atoms with Crippen molar-refractivity contribution in [2.75, 3.05) is 25.6 Å². The molecular weight excluding hydrogens is 206 g/mol. The predicted octanol–water partition coefficient (Wildman–Crippen LogP) is 2.61. The molecule has 1 atom stereocenters. The average Bonchev–Trinajstić information content (AvgIpc) is 2.25. The molecule has 15 heavy (non-hydrogen) atoms. The van der Waals surface area contributed by atoms with Crippen LogP contribution in [0.5, 0.6) is 0 Å². The van der Waals surface area contributed by atoms with Crippen molar-refractivity contribution < 1.29 is 5.11 Å². The van der Waals surface area contributed by atoms with Crippen LogP contribution in [0.3, 0.4) is 0 Å². The van der Waals surface area contributed by atoms with Crippen molar-refractivity contribution in [2.24, 2.45) is 0 Å². The molecule has 0 aromatic heterocycles. The second-order valence-electron chi connectivity index (χ2n) is 4.36. The van der Waals surface area contributed by atoms with Gasteiger partial charge in [0.15, 0.2) is 0 Å². The van der Waals surface area contributed by atoms with Gasteiger partial charge < -0.3 is 5.11 Å². The molecule has 0 fully saturated rings. The van der Waals surface area contributed by atoms with Crippen LogP contribution in [0.25, 0.3) is 0 Å². The zero-order chi connectivity index (χ0) is 11.9. The number of thioether (sulfide) groups is 1. The Kier molecular flexibility index (Phi) is 7.66. The SMILES string of the molecule is CCC(CSC)N(C)CC(O)(CC)CC. The fourth-order valence-corrected chi connectivity index (χ4v) is 2.69. The molecule has 0 bridgehead atoms. The average molecular weight is 233 g/mol. The van der Waals surface area contributed by atoms with Gasteiger partial charge >= 0.3 is 0 Å². The minimum atomic E-state index is -0.499. The highest BCUT2D eigenvalue weighted by atomic mass is 32.2.